The van der Waals surface area contributed by atoms with Crippen molar-refractivity contribution in [2.75, 3.05) is 26.7 Å². The number of aryl methyl sites for hydroxylation is 1. The van der Waals surface area contributed by atoms with Crippen LogP contribution in [-0.4, -0.2) is 48.8 Å². The number of hydrogen-bond donors (Lipinski definition) is 2. The first-order valence-corrected chi connectivity index (χ1v) is 7.07. The Kier molecular flexibility index (Phi) is 3.63. The molecule has 1 fully saturated rings. The van der Waals surface area contributed by atoms with E-state index in [9.17, 15) is 9.90 Å². The van der Waals surface area contributed by atoms with E-state index in [1.165, 1.54) is 11.1 Å². The summed E-state index contributed by atoms with van der Waals surface area (Å²) in [7, 11) is 1.66. The molecule has 1 aliphatic heterocycles. The third kappa shape index (κ3) is 2.27. The van der Waals surface area contributed by atoms with E-state index in [1.807, 2.05) is 6.07 Å². The monoisotopic (exact) mass is 276 g/mol. The largest absolute Gasteiger partial charge is 0.497 e. The van der Waals surface area contributed by atoms with E-state index in [4.69, 9.17) is 4.74 Å². The van der Waals surface area contributed by atoms with E-state index in [0.717, 1.165) is 31.7 Å². The molecule has 0 spiro atoms. The van der Waals surface area contributed by atoms with Crippen LogP contribution in [0, 0.1) is 0 Å². The van der Waals surface area contributed by atoms with Gasteiger partial charge in [0.25, 0.3) is 0 Å². The number of carboxylic acids is 1. The van der Waals surface area contributed by atoms with Crippen LogP contribution in [0.4, 0.5) is 0 Å². The van der Waals surface area contributed by atoms with Gasteiger partial charge in [-0.3, -0.25) is 9.69 Å². The van der Waals surface area contributed by atoms with Crippen LogP contribution >= 0.6 is 0 Å². The van der Waals surface area contributed by atoms with Crippen molar-refractivity contribution in [1.29, 1.82) is 0 Å². The number of nitrogens with one attached hydrogen (secondary N) is 1. The molecule has 0 saturated carbocycles. The van der Waals surface area contributed by atoms with Gasteiger partial charge in [0, 0.05) is 25.7 Å². The van der Waals surface area contributed by atoms with Crippen molar-refractivity contribution in [1.82, 2.24) is 10.2 Å². The number of carbonyl (C=O) groups is 1. The Morgan fingerprint density at radius 1 is 1.50 bits per heavy atom. The van der Waals surface area contributed by atoms with Crippen LogP contribution in [-0.2, 0) is 11.2 Å². The minimum atomic E-state index is -0.742. The molecule has 3 rings (SSSR count). The molecule has 1 heterocycles. The molecule has 5 nitrogen and oxygen atoms in total. The highest BCUT2D eigenvalue weighted by Crippen LogP contribution is 2.38. The van der Waals surface area contributed by atoms with Gasteiger partial charge in [0.2, 0.25) is 0 Å². The Labute approximate surface area is 118 Å². The second-order valence-corrected chi connectivity index (χ2v) is 5.42. The van der Waals surface area contributed by atoms with E-state index in [1.54, 1.807) is 7.11 Å². The van der Waals surface area contributed by atoms with Crippen LogP contribution in [0.1, 0.15) is 23.6 Å². The molecule has 2 N–H and O–H groups in total. The maximum atomic E-state index is 11.5. The highest BCUT2D eigenvalue weighted by Gasteiger charge is 2.37. The molecule has 0 bridgehead atoms. The minimum Gasteiger partial charge on any atom is -0.497 e. The highest BCUT2D eigenvalue weighted by atomic mass is 16.5. The zero-order chi connectivity index (χ0) is 14.1. The van der Waals surface area contributed by atoms with Crippen LogP contribution in [0.15, 0.2) is 18.2 Å². The van der Waals surface area contributed by atoms with Gasteiger partial charge in [-0.2, -0.15) is 0 Å². The first-order chi connectivity index (χ1) is 9.70. The zero-order valence-corrected chi connectivity index (χ0v) is 11.6. The number of methoxy groups -OCH3 is 1. The second kappa shape index (κ2) is 5.42. The van der Waals surface area contributed by atoms with Crippen molar-refractivity contribution in [2.45, 2.75) is 24.9 Å². The molecule has 1 aliphatic carbocycles. The maximum Gasteiger partial charge on any atom is 0.322 e. The van der Waals surface area contributed by atoms with Crippen molar-refractivity contribution in [3.63, 3.8) is 0 Å². The van der Waals surface area contributed by atoms with Crippen molar-refractivity contribution >= 4 is 5.97 Å². The van der Waals surface area contributed by atoms with Crippen molar-refractivity contribution in [2.24, 2.45) is 0 Å². The SMILES string of the molecule is COc1ccc2c(c1)C(N1CCNCC1C(=O)O)CC2. The number of hydrogen-bond acceptors (Lipinski definition) is 4. The molecule has 0 radical (unpaired) electrons. The first kappa shape index (κ1) is 13.4. The number of fused-ring (bicyclic) bond motifs is 1. The number of carboxylic acid groups (broad SMARTS) is 1. The van der Waals surface area contributed by atoms with Gasteiger partial charge in [-0.15, -0.1) is 0 Å². The standard InChI is InChI=1S/C15H20N2O3/c1-20-11-4-2-10-3-5-13(12(10)8-11)17-7-6-16-9-14(17)15(18)19/h2,4,8,13-14,16H,3,5-7,9H2,1H3,(H,18,19). The summed E-state index contributed by atoms with van der Waals surface area (Å²) in [5.74, 6) is 0.103. The lowest BCUT2D eigenvalue weighted by atomic mass is 10.0. The van der Waals surface area contributed by atoms with Gasteiger partial charge in [-0.25, -0.2) is 0 Å². The van der Waals surface area contributed by atoms with Gasteiger partial charge >= 0.3 is 5.97 Å². The number of nitrogens with zero attached hydrogens (tertiary/aromatic N) is 1. The molecule has 2 unspecified atom stereocenters. The fourth-order valence-corrected chi connectivity index (χ4v) is 3.35. The average molecular weight is 276 g/mol. The molecule has 2 aliphatic rings. The minimum absolute atomic E-state index is 0.197. The van der Waals surface area contributed by atoms with Crippen molar-refractivity contribution in [3.8, 4) is 5.75 Å². The first-order valence-electron chi connectivity index (χ1n) is 7.07. The maximum absolute atomic E-state index is 11.5. The van der Waals surface area contributed by atoms with Crippen LogP contribution in [0.5, 0.6) is 5.75 Å². The van der Waals surface area contributed by atoms with Gasteiger partial charge in [-0.05, 0) is 36.1 Å². The molecule has 1 saturated heterocycles. The fourth-order valence-electron chi connectivity index (χ4n) is 3.35. The lowest BCUT2D eigenvalue weighted by Crippen LogP contribution is -2.55. The fraction of sp³-hybridized carbons (Fsp3) is 0.533. The molecule has 108 valence electrons. The molecular formula is C15H20N2O3. The molecule has 0 aromatic heterocycles. The normalized spacial score (nSPS) is 26.2. The van der Waals surface area contributed by atoms with E-state index in [-0.39, 0.29) is 6.04 Å². The zero-order valence-electron chi connectivity index (χ0n) is 11.6. The van der Waals surface area contributed by atoms with Crippen molar-refractivity contribution in [3.05, 3.63) is 29.3 Å². The number of benzene rings is 1. The van der Waals surface area contributed by atoms with Crippen LogP contribution in [0.2, 0.25) is 0 Å². The Balaban J connectivity index is 1.90. The molecule has 0 amide bonds. The summed E-state index contributed by atoms with van der Waals surface area (Å²) in [5.41, 5.74) is 2.55. The third-order valence-corrected chi connectivity index (χ3v) is 4.37. The van der Waals surface area contributed by atoms with Gasteiger partial charge in [-0.1, -0.05) is 6.07 Å². The third-order valence-electron chi connectivity index (χ3n) is 4.37. The summed E-state index contributed by atoms with van der Waals surface area (Å²) in [4.78, 5) is 13.6. The van der Waals surface area contributed by atoms with Gasteiger partial charge < -0.3 is 15.2 Å². The summed E-state index contributed by atoms with van der Waals surface area (Å²) >= 11 is 0. The van der Waals surface area contributed by atoms with Crippen LogP contribution in [0.25, 0.3) is 0 Å². The van der Waals surface area contributed by atoms with Gasteiger partial charge in [0.05, 0.1) is 7.11 Å². The number of ether oxygens (including phenoxy) is 1. The average Bonchev–Trinajstić information content (AvgIpc) is 2.89. The summed E-state index contributed by atoms with van der Waals surface area (Å²) in [6.07, 6.45) is 2.01. The molecule has 20 heavy (non-hydrogen) atoms. The number of aliphatic carboxylic acids is 1. The van der Waals surface area contributed by atoms with Crippen molar-refractivity contribution < 1.29 is 14.6 Å². The van der Waals surface area contributed by atoms with E-state index in [0.29, 0.717) is 6.54 Å². The molecular weight excluding hydrogens is 256 g/mol. The second-order valence-electron chi connectivity index (χ2n) is 5.42. The van der Waals surface area contributed by atoms with E-state index in [2.05, 4.69) is 22.3 Å². The molecule has 5 heteroatoms. The summed E-state index contributed by atoms with van der Waals surface area (Å²) in [6, 6.07) is 5.91. The summed E-state index contributed by atoms with van der Waals surface area (Å²) < 4.78 is 5.30. The highest BCUT2D eigenvalue weighted by molar-refractivity contribution is 5.74. The lowest BCUT2D eigenvalue weighted by molar-refractivity contribution is -0.145. The Morgan fingerprint density at radius 2 is 2.35 bits per heavy atom. The predicted octanol–water partition coefficient (Wildman–Crippen LogP) is 1.04. The van der Waals surface area contributed by atoms with Crippen LogP contribution in [0.3, 0.4) is 0 Å². The Hall–Kier alpha value is -1.59. The molecule has 2 atom stereocenters. The topological polar surface area (TPSA) is 61.8 Å². The van der Waals surface area contributed by atoms with Gasteiger partial charge in [0.1, 0.15) is 11.8 Å². The summed E-state index contributed by atoms with van der Waals surface area (Å²) in [5, 5.41) is 12.6. The van der Waals surface area contributed by atoms with Gasteiger partial charge in [0.15, 0.2) is 0 Å². The lowest BCUT2D eigenvalue weighted by Gasteiger charge is -2.38. The Morgan fingerprint density at radius 3 is 3.10 bits per heavy atom. The number of rotatable bonds is 3. The molecule has 1 aromatic rings. The predicted molar refractivity (Wildman–Crippen MR) is 75.1 cm³/mol. The Bertz CT molecular complexity index is 518. The smallest absolute Gasteiger partial charge is 0.322 e. The summed E-state index contributed by atoms with van der Waals surface area (Å²) in [6.45, 7) is 2.14. The van der Waals surface area contributed by atoms with Crippen LogP contribution < -0.4 is 10.1 Å². The number of piperazine rings is 1. The van der Waals surface area contributed by atoms with E-state index < -0.39 is 12.0 Å². The molecule has 1 aromatic carbocycles. The van der Waals surface area contributed by atoms with E-state index >= 15 is 0 Å². The quantitative estimate of drug-likeness (QED) is 0.864.